The fourth-order valence-electron chi connectivity index (χ4n) is 2.03. The normalized spacial score (nSPS) is 19.5. The number of anilines is 1. The second kappa shape index (κ2) is 6.07. The Hall–Kier alpha value is -1.26. The van der Waals surface area contributed by atoms with E-state index in [1.807, 2.05) is 0 Å². The van der Waals surface area contributed by atoms with Gasteiger partial charge in [-0.15, -0.1) is 0 Å². The molecule has 1 aliphatic heterocycles. The highest BCUT2D eigenvalue weighted by Gasteiger charge is 2.14. The van der Waals surface area contributed by atoms with Crippen LogP contribution in [0.5, 0.6) is 0 Å². The molecule has 0 spiro atoms. The van der Waals surface area contributed by atoms with Gasteiger partial charge in [0.25, 0.3) is 0 Å². The third-order valence-corrected chi connectivity index (χ3v) is 3.38. The van der Waals surface area contributed by atoms with Gasteiger partial charge in [-0.2, -0.15) is 0 Å². The molecule has 0 aliphatic carbocycles. The zero-order valence-electron chi connectivity index (χ0n) is 9.99. The van der Waals surface area contributed by atoms with Crippen LogP contribution in [0.4, 0.5) is 5.69 Å². The highest BCUT2D eigenvalue weighted by molar-refractivity contribution is 6.33. The van der Waals surface area contributed by atoms with Crippen LogP contribution in [0.15, 0.2) is 18.2 Å². The minimum atomic E-state index is -1.01. The summed E-state index contributed by atoms with van der Waals surface area (Å²) >= 11 is 5.81. The molecular weight excluding hydrogens is 254 g/mol. The highest BCUT2D eigenvalue weighted by Crippen LogP contribution is 2.21. The molecule has 2 N–H and O–H groups in total. The average Bonchev–Trinajstić information content (AvgIpc) is 2.38. The number of nitrogens with one attached hydrogen (secondary N) is 1. The third-order valence-electron chi connectivity index (χ3n) is 3.05. The van der Waals surface area contributed by atoms with Gasteiger partial charge >= 0.3 is 5.97 Å². The number of hydrogen-bond acceptors (Lipinski definition) is 3. The number of rotatable bonds is 4. The van der Waals surface area contributed by atoms with E-state index in [9.17, 15) is 4.79 Å². The first-order valence-electron chi connectivity index (χ1n) is 6.01. The molecule has 0 saturated carbocycles. The van der Waals surface area contributed by atoms with Gasteiger partial charge in [0.15, 0.2) is 0 Å². The topological polar surface area (TPSA) is 58.6 Å². The molecule has 1 fully saturated rings. The van der Waals surface area contributed by atoms with Gasteiger partial charge in [-0.3, -0.25) is 0 Å². The molecule has 5 heteroatoms. The minimum Gasteiger partial charge on any atom is -0.478 e. The van der Waals surface area contributed by atoms with Crippen molar-refractivity contribution in [1.82, 2.24) is 0 Å². The maximum Gasteiger partial charge on any atom is 0.337 e. The molecule has 2 rings (SSSR count). The summed E-state index contributed by atoms with van der Waals surface area (Å²) in [4.78, 5) is 10.9. The minimum absolute atomic E-state index is 0.126. The Morgan fingerprint density at radius 1 is 1.56 bits per heavy atom. The van der Waals surface area contributed by atoms with Crippen molar-refractivity contribution in [3.8, 4) is 0 Å². The molecule has 0 aromatic heterocycles. The molecule has 98 valence electrons. The monoisotopic (exact) mass is 269 g/mol. The molecule has 18 heavy (non-hydrogen) atoms. The van der Waals surface area contributed by atoms with Gasteiger partial charge in [-0.1, -0.05) is 11.6 Å². The van der Waals surface area contributed by atoms with Crippen molar-refractivity contribution in [1.29, 1.82) is 0 Å². The van der Waals surface area contributed by atoms with Gasteiger partial charge in [-0.05, 0) is 37.0 Å². The number of carboxylic acid groups (broad SMARTS) is 1. The van der Waals surface area contributed by atoms with E-state index >= 15 is 0 Å². The maximum atomic E-state index is 10.9. The molecule has 1 saturated heterocycles. The number of halogens is 1. The molecule has 1 aliphatic rings. The lowest BCUT2D eigenvalue weighted by Gasteiger charge is -2.22. The van der Waals surface area contributed by atoms with Crippen LogP contribution in [0.3, 0.4) is 0 Å². The maximum absolute atomic E-state index is 10.9. The van der Waals surface area contributed by atoms with Crippen LogP contribution in [0.1, 0.15) is 23.2 Å². The first-order valence-corrected chi connectivity index (χ1v) is 6.39. The van der Waals surface area contributed by atoms with Crippen LogP contribution in [0.25, 0.3) is 0 Å². The first kappa shape index (κ1) is 13.2. The lowest BCUT2D eigenvalue weighted by Crippen LogP contribution is -2.24. The predicted octanol–water partition coefficient (Wildman–Crippen LogP) is 2.88. The van der Waals surface area contributed by atoms with Crippen LogP contribution in [0.2, 0.25) is 5.02 Å². The number of carbonyl (C=O) groups is 1. The Morgan fingerprint density at radius 2 is 2.39 bits per heavy atom. The first-order chi connectivity index (χ1) is 8.66. The SMILES string of the molecule is O=C(O)c1cc(NCC2CCCOC2)ccc1Cl. The Balaban J connectivity index is 1.96. The summed E-state index contributed by atoms with van der Waals surface area (Å²) in [5.74, 6) is -0.521. The lowest BCUT2D eigenvalue weighted by molar-refractivity contribution is 0.0595. The molecule has 1 aromatic carbocycles. The zero-order valence-corrected chi connectivity index (χ0v) is 10.7. The fraction of sp³-hybridized carbons (Fsp3) is 0.462. The molecule has 1 heterocycles. The van der Waals surface area contributed by atoms with Crippen LogP contribution < -0.4 is 5.32 Å². The van der Waals surface area contributed by atoms with Crippen molar-refractivity contribution in [3.63, 3.8) is 0 Å². The van der Waals surface area contributed by atoms with Crippen LogP contribution in [-0.4, -0.2) is 30.8 Å². The van der Waals surface area contributed by atoms with Crippen molar-refractivity contribution in [2.45, 2.75) is 12.8 Å². The lowest BCUT2D eigenvalue weighted by atomic mass is 10.0. The number of hydrogen-bond donors (Lipinski definition) is 2. The second-order valence-electron chi connectivity index (χ2n) is 4.46. The summed E-state index contributed by atoms with van der Waals surface area (Å²) in [6, 6.07) is 4.96. The standard InChI is InChI=1S/C13H16ClNO3/c14-12-4-3-10(6-11(12)13(16)17)15-7-9-2-1-5-18-8-9/h3-4,6,9,15H,1-2,5,7-8H2,(H,16,17). The van der Waals surface area contributed by atoms with Gasteiger partial charge in [0.1, 0.15) is 0 Å². The summed E-state index contributed by atoms with van der Waals surface area (Å²) < 4.78 is 5.40. The molecule has 1 atom stereocenters. The number of benzene rings is 1. The highest BCUT2D eigenvalue weighted by atomic mass is 35.5. The van der Waals surface area contributed by atoms with Gasteiger partial charge in [0.05, 0.1) is 17.2 Å². The summed E-state index contributed by atoms with van der Waals surface area (Å²) in [5, 5.41) is 12.5. The third kappa shape index (κ3) is 3.37. The van der Waals surface area contributed by atoms with E-state index in [0.29, 0.717) is 5.92 Å². The summed E-state index contributed by atoms with van der Waals surface area (Å²) in [6.07, 6.45) is 2.24. The second-order valence-corrected chi connectivity index (χ2v) is 4.87. The van der Waals surface area contributed by atoms with Crippen molar-refractivity contribution in [2.24, 2.45) is 5.92 Å². The summed E-state index contributed by atoms with van der Waals surface area (Å²) in [5.41, 5.74) is 0.906. The number of carboxylic acids is 1. The van der Waals surface area contributed by atoms with Crippen molar-refractivity contribution < 1.29 is 14.6 Å². The van der Waals surface area contributed by atoms with Crippen molar-refractivity contribution in [2.75, 3.05) is 25.1 Å². The van der Waals surface area contributed by atoms with Crippen LogP contribution >= 0.6 is 11.6 Å². The molecule has 0 amide bonds. The molecule has 1 unspecified atom stereocenters. The van der Waals surface area contributed by atoms with E-state index < -0.39 is 5.97 Å². The van der Waals surface area contributed by atoms with Crippen LogP contribution in [-0.2, 0) is 4.74 Å². The molecule has 0 bridgehead atoms. The van der Waals surface area contributed by atoms with Gasteiger partial charge < -0.3 is 15.2 Å². The Kier molecular flexibility index (Phi) is 4.44. The van der Waals surface area contributed by atoms with E-state index in [2.05, 4.69) is 5.32 Å². The summed E-state index contributed by atoms with van der Waals surface area (Å²) in [6.45, 7) is 2.41. The molecule has 0 radical (unpaired) electrons. The van der Waals surface area contributed by atoms with Crippen molar-refractivity contribution in [3.05, 3.63) is 28.8 Å². The molecule has 1 aromatic rings. The Morgan fingerprint density at radius 3 is 3.06 bits per heavy atom. The summed E-state index contributed by atoms with van der Waals surface area (Å²) in [7, 11) is 0. The van der Waals surface area contributed by atoms with Crippen molar-refractivity contribution >= 4 is 23.3 Å². The molecule has 4 nitrogen and oxygen atoms in total. The average molecular weight is 270 g/mol. The van der Waals surface area contributed by atoms with Gasteiger partial charge in [0.2, 0.25) is 0 Å². The number of ether oxygens (including phenoxy) is 1. The smallest absolute Gasteiger partial charge is 0.337 e. The van der Waals surface area contributed by atoms with Gasteiger partial charge in [0, 0.05) is 18.8 Å². The largest absolute Gasteiger partial charge is 0.478 e. The fourth-order valence-corrected chi connectivity index (χ4v) is 2.23. The van der Waals surface area contributed by atoms with Gasteiger partial charge in [-0.25, -0.2) is 4.79 Å². The van der Waals surface area contributed by atoms with E-state index in [4.69, 9.17) is 21.4 Å². The Labute approximate surface area is 111 Å². The van der Waals surface area contributed by atoms with E-state index in [0.717, 1.165) is 38.3 Å². The van der Waals surface area contributed by atoms with E-state index in [1.54, 1.807) is 18.2 Å². The van der Waals surface area contributed by atoms with E-state index in [-0.39, 0.29) is 10.6 Å². The number of aromatic carboxylic acids is 1. The molecular formula is C13H16ClNO3. The Bertz CT molecular complexity index is 430. The quantitative estimate of drug-likeness (QED) is 0.882. The zero-order chi connectivity index (χ0) is 13.0. The predicted molar refractivity (Wildman–Crippen MR) is 70.4 cm³/mol. The van der Waals surface area contributed by atoms with E-state index in [1.165, 1.54) is 0 Å². The van der Waals surface area contributed by atoms with Crippen LogP contribution in [0, 0.1) is 5.92 Å².